The van der Waals surface area contributed by atoms with Crippen LogP contribution >= 0.6 is 11.6 Å². The van der Waals surface area contributed by atoms with Crippen LogP contribution in [0, 0.1) is 0 Å². The Morgan fingerprint density at radius 1 is 1.30 bits per heavy atom. The van der Waals surface area contributed by atoms with Crippen molar-refractivity contribution in [3.63, 3.8) is 0 Å². The molecule has 20 heavy (non-hydrogen) atoms. The van der Waals surface area contributed by atoms with Crippen LogP contribution in [-0.4, -0.2) is 31.0 Å². The summed E-state index contributed by atoms with van der Waals surface area (Å²) in [6.45, 7) is 0.636. The molecule has 8 heteroatoms. The number of nitrogens with zero attached hydrogens (tertiary/aromatic N) is 5. The molecule has 3 rings (SSSR count). The molecule has 0 radical (unpaired) electrons. The maximum Gasteiger partial charge on any atom is 0.241 e. The largest absolute Gasteiger partial charge is 0.469 e. The van der Waals surface area contributed by atoms with E-state index in [2.05, 4.69) is 25.3 Å². The molecule has 0 saturated heterocycles. The number of anilines is 1. The summed E-state index contributed by atoms with van der Waals surface area (Å²) in [5.74, 6) is 1.73. The predicted octanol–water partition coefficient (Wildman–Crippen LogP) is 1.96. The van der Waals surface area contributed by atoms with Crippen molar-refractivity contribution in [1.82, 2.24) is 24.5 Å². The molecule has 0 aliphatic carbocycles. The van der Waals surface area contributed by atoms with E-state index < -0.39 is 0 Å². The van der Waals surface area contributed by atoms with Gasteiger partial charge in [-0.1, -0.05) is 0 Å². The SMILES string of the molecule is Clc1nc(NCCc2ccco2)nc(-n2ccnc2)n1. The lowest BCUT2D eigenvalue weighted by Gasteiger charge is -2.06. The summed E-state index contributed by atoms with van der Waals surface area (Å²) in [4.78, 5) is 16.3. The van der Waals surface area contributed by atoms with Crippen LogP contribution in [0.3, 0.4) is 0 Å². The molecule has 1 N–H and O–H groups in total. The first-order valence-corrected chi connectivity index (χ1v) is 6.35. The van der Waals surface area contributed by atoms with Crippen molar-refractivity contribution in [2.24, 2.45) is 0 Å². The lowest BCUT2D eigenvalue weighted by Crippen LogP contribution is -2.10. The van der Waals surface area contributed by atoms with Crippen LogP contribution in [0.1, 0.15) is 5.76 Å². The van der Waals surface area contributed by atoms with Crippen LogP contribution < -0.4 is 5.32 Å². The second-order valence-electron chi connectivity index (χ2n) is 3.95. The molecule has 0 aromatic carbocycles. The van der Waals surface area contributed by atoms with E-state index in [0.29, 0.717) is 18.4 Å². The Hall–Kier alpha value is -2.41. The average Bonchev–Trinajstić information content (AvgIpc) is 3.11. The van der Waals surface area contributed by atoms with E-state index in [1.54, 1.807) is 29.6 Å². The molecule has 3 heterocycles. The molecule has 3 aromatic rings. The minimum Gasteiger partial charge on any atom is -0.469 e. The number of aromatic nitrogens is 5. The van der Waals surface area contributed by atoms with Gasteiger partial charge in [-0.05, 0) is 23.7 Å². The second kappa shape index (κ2) is 5.70. The standard InChI is InChI=1S/C12H11ClN6O/c13-10-16-11(15-4-3-9-2-1-7-20-9)18-12(17-10)19-6-5-14-8-19/h1-2,5-8H,3-4H2,(H,15,16,17,18). The Kier molecular flexibility index (Phi) is 3.60. The topological polar surface area (TPSA) is 81.7 Å². The first-order chi connectivity index (χ1) is 9.81. The highest BCUT2D eigenvalue weighted by Crippen LogP contribution is 2.09. The molecule has 3 aromatic heterocycles. The van der Waals surface area contributed by atoms with Crippen molar-refractivity contribution >= 4 is 17.5 Å². The molecular formula is C12H11ClN6O. The number of imidazole rings is 1. The van der Waals surface area contributed by atoms with Crippen LogP contribution in [0.4, 0.5) is 5.95 Å². The maximum absolute atomic E-state index is 5.89. The molecule has 0 atom stereocenters. The number of hydrogen-bond donors (Lipinski definition) is 1. The van der Waals surface area contributed by atoms with Crippen LogP contribution in [0.15, 0.2) is 41.5 Å². The van der Waals surface area contributed by atoms with Gasteiger partial charge in [0.05, 0.1) is 6.26 Å². The van der Waals surface area contributed by atoms with E-state index in [1.807, 2.05) is 12.1 Å². The van der Waals surface area contributed by atoms with Gasteiger partial charge in [0.15, 0.2) is 0 Å². The molecule has 0 amide bonds. The molecule has 0 spiro atoms. The van der Waals surface area contributed by atoms with Gasteiger partial charge < -0.3 is 9.73 Å². The van der Waals surface area contributed by atoms with Crippen LogP contribution in [-0.2, 0) is 6.42 Å². The fourth-order valence-electron chi connectivity index (χ4n) is 1.66. The molecule has 0 saturated carbocycles. The highest BCUT2D eigenvalue weighted by molar-refractivity contribution is 6.28. The molecule has 0 unspecified atom stereocenters. The van der Waals surface area contributed by atoms with Crippen molar-refractivity contribution in [1.29, 1.82) is 0 Å². The van der Waals surface area contributed by atoms with Gasteiger partial charge >= 0.3 is 0 Å². The average molecular weight is 291 g/mol. The van der Waals surface area contributed by atoms with E-state index >= 15 is 0 Å². The molecule has 0 bridgehead atoms. The Morgan fingerprint density at radius 3 is 3.00 bits per heavy atom. The Balaban J connectivity index is 1.70. The Labute approximate surface area is 119 Å². The van der Waals surface area contributed by atoms with Crippen molar-refractivity contribution in [2.75, 3.05) is 11.9 Å². The number of rotatable bonds is 5. The van der Waals surface area contributed by atoms with Gasteiger partial charge in [0.2, 0.25) is 17.2 Å². The third-order valence-corrected chi connectivity index (χ3v) is 2.74. The highest BCUT2D eigenvalue weighted by atomic mass is 35.5. The molecule has 7 nitrogen and oxygen atoms in total. The Bertz CT molecular complexity index is 667. The van der Waals surface area contributed by atoms with Gasteiger partial charge in [-0.15, -0.1) is 0 Å². The summed E-state index contributed by atoms with van der Waals surface area (Å²) < 4.78 is 6.90. The van der Waals surface area contributed by atoms with E-state index in [0.717, 1.165) is 12.2 Å². The van der Waals surface area contributed by atoms with Gasteiger partial charge in [0.25, 0.3) is 0 Å². The fourth-order valence-corrected chi connectivity index (χ4v) is 1.82. The minimum atomic E-state index is 0.129. The van der Waals surface area contributed by atoms with Crippen molar-refractivity contribution < 1.29 is 4.42 Å². The molecular weight excluding hydrogens is 280 g/mol. The van der Waals surface area contributed by atoms with E-state index in [-0.39, 0.29) is 5.28 Å². The summed E-state index contributed by atoms with van der Waals surface area (Å²) in [6, 6.07) is 3.77. The zero-order valence-electron chi connectivity index (χ0n) is 10.4. The molecule has 102 valence electrons. The molecule has 0 aliphatic rings. The quantitative estimate of drug-likeness (QED) is 0.773. The Morgan fingerprint density at radius 2 is 2.25 bits per heavy atom. The molecule has 0 fully saturated rings. The monoisotopic (exact) mass is 290 g/mol. The number of hydrogen-bond acceptors (Lipinski definition) is 6. The predicted molar refractivity (Wildman–Crippen MR) is 72.9 cm³/mol. The normalized spacial score (nSPS) is 10.7. The highest BCUT2D eigenvalue weighted by Gasteiger charge is 2.06. The van der Waals surface area contributed by atoms with Crippen LogP contribution in [0.5, 0.6) is 0 Å². The van der Waals surface area contributed by atoms with E-state index in [1.165, 1.54) is 0 Å². The first-order valence-electron chi connectivity index (χ1n) is 5.97. The summed E-state index contributed by atoms with van der Waals surface area (Å²) >= 11 is 5.89. The van der Waals surface area contributed by atoms with Gasteiger partial charge in [-0.25, -0.2) is 4.98 Å². The minimum absolute atomic E-state index is 0.129. The van der Waals surface area contributed by atoms with Gasteiger partial charge in [0.1, 0.15) is 12.1 Å². The number of nitrogens with one attached hydrogen (secondary N) is 1. The summed E-state index contributed by atoms with van der Waals surface area (Å²) in [6.07, 6.45) is 7.35. The second-order valence-corrected chi connectivity index (χ2v) is 4.29. The summed E-state index contributed by atoms with van der Waals surface area (Å²) in [7, 11) is 0. The number of halogens is 1. The van der Waals surface area contributed by atoms with Crippen molar-refractivity contribution in [3.05, 3.63) is 48.2 Å². The number of furan rings is 1. The summed E-state index contributed by atoms with van der Waals surface area (Å²) in [5.41, 5.74) is 0. The molecule has 0 aliphatic heterocycles. The van der Waals surface area contributed by atoms with E-state index in [9.17, 15) is 0 Å². The van der Waals surface area contributed by atoms with Crippen LogP contribution in [0.2, 0.25) is 5.28 Å². The van der Waals surface area contributed by atoms with Gasteiger partial charge in [0, 0.05) is 25.4 Å². The van der Waals surface area contributed by atoms with Crippen molar-refractivity contribution in [3.8, 4) is 5.95 Å². The van der Waals surface area contributed by atoms with Crippen LogP contribution in [0.25, 0.3) is 5.95 Å². The summed E-state index contributed by atoms with van der Waals surface area (Å²) in [5, 5.41) is 3.21. The van der Waals surface area contributed by atoms with E-state index in [4.69, 9.17) is 16.0 Å². The first kappa shape index (κ1) is 12.6. The lowest BCUT2D eigenvalue weighted by molar-refractivity contribution is 0.512. The van der Waals surface area contributed by atoms with Gasteiger partial charge in [-0.2, -0.15) is 15.0 Å². The maximum atomic E-state index is 5.89. The zero-order valence-corrected chi connectivity index (χ0v) is 11.2. The fraction of sp³-hybridized carbons (Fsp3) is 0.167. The third-order valence-electron chi connectivity index (χ3n) is 2.57. The zero-order chi connectivity index (χ0) is 13.8. The van der Waals surface area contributed by atoms with Gasteiger partial charge in [-0.3, -0.25) is 4.57 Å². The third kappa shape index (κ3) is 2.94. The smallest absolute Gasteiger partial charge is 0.241 e. The van der Waals surface area contributed by atoms with Crippen molar-refractivity contribution in [2.45, 2.75) is 6.42 Å². The lowest BCUT2D eigenvalue weighted by atomic mass is 10.3.